The van der Waals surface area contributed by atoms with Gasteiger partial charge in [0.25, 0.3) is 11.8 Å². The summed E-state index contributed by atoms with van der Waals surface area (Å²) in [6, 6.07) is 6.80. The highest BCUT2D eigenvalue weighted by atomic mass is 16.2. The Kier molecular flexibility index (Phi) is 6.11. The lowest BCUT2D eigenvalue weighted by molar-refractivity contribution is -0.123. The lowest BCUT2D eigenvalue weighted by atomic mass is 9.91. The van der Waals surface area contributed by atoms with Crippen molar-refractivity contribution in [3.63, 3.8) is 0 Å². The maximum Gasteiger partial charge on any atom is 0.322 e. The molecule has 4 N–H and O–H groups in total. The number of carbonyl (C=O) groups is 3. The van der Waals surface area contributed by atoms with E-state index in [0.717, 1.165) is 6.54 Å². The van der Waals surface area contributed by atoms with Crippen LogP contribution in [-0.4, -0.2) is 37.0 Å². The van der Waals surface area contributed by atoms with E-state index in [9.17, 15) is 14.4 Å². The van der Waals surface area contributed by atoms with Crippen molar-refractivity contribution in [3.8, 4) is 0 Å². The number of urea groups is 1. The zero-order chi connectivity index (χ0) is 19.3. The first-order chi connectivity index (χ1) is 13.0. The van der Waals surface area contributed by atoms with E-state index in [2.05, 4.69) is 21.3 Å². The second-order valence-corrected chi connectivity index (χ2v) is 7.51. The molecule has 1 unspecified atom stereocenters. The SMILES string of the molecule is CC1(c2ccc(C(=O)NCCNC3CCCCCC3)cc2)NC(=O)NC1=O. The van der Waals surface area contributed by atoms with Gasteiger partial charge in [-0.1, -0.05) is 37.8 Å². The summed E-state index contributed by atoms with van der Waals surface area (Å²) in [5.74, 6) is -0.538. The zero-order valence-corrected chi connectivity index (χ0v) is 15.8. The summed E-state index contributed by atoms with van der Waals surface area (Å²) in [6.45, 7) is 2.98. The first kappa shape index (κ1) is 19.4. The maximum absolute atomic E-state index is 12.3. The highest BCUT2D eigenvalue weighted by molar-refractivity contribution is 6.07. The van der Waals surface area contributed by atoms with Crippen LogP contribution in [-0.2, 0) is 10.3 Å². The van der Waals surface area contributed by atoms with Crippen LogP contribution in [0.1, 0.15) is 61.4 Å². The van der Waals surface area contributed by atoms with Crippen LogP contribution < -0.4 is 21.3 Å². The summed E-state index contributed by atoms with van der Waals surface area (Å²) >= 11 is 0. The Morgan fingerprint density at radius 3 is 2.33 bits per heavy atom. The minimum absolute atomic E-state index is 0.144. The number of hydrogen-bond acceptors (Lipinski definition) is 4. The average molecular weight is 372 g/mol. The molecule has 0 aromatic heterocycles. The molecule has 1 aromatic rings. The molecule has 1 aliphatic heterocycles. The Morgan fingerprint density at radius 2 is 1.74 bits per heavy atom. The summed E-state index contributed by atoms with van der Waals surface area (Å²) in [4.78, 5) is 35.6. The molecule has 7 heteroatoms. The van der Waals surface area contributed by atoms with E-state index in [1.165, 1.54) is 38.5 Å². The van der Waals surface area contributed by atoms with Gasteiger partial charge in [0, 0.05) is 24.7 Å². The summed E-state index contributed by atoms with van der Waals surface area (Å²) < 4.78 is 0. The Bertz CT molecular complexity index is 696. The van der Waals surface area contributed by atoms with E-state index in [-0.39, 0.29) is 5.91 Å². The van der Waals surface area contributed by atoms with Gasteiger partial charge in [-0.05, 0) is 37.5 Å². The molecule has 0 radical (unpaired) electrons. The fourth-order valence-corrected chi connectivity index (χ4v) is 3.74. The lowest BCUT2D eigenvalue weighted by Gasteiger charge is -2.21. The molecule has 2 aliphatic rings. The van der Waals surface area contributed by atoms with Crippen molar-refractivity contribution in [2.45, 2.75) is 57.0 Å². The third-order valence-electron chi connectivity index (χ3n) is 5.47. The number of benzene rings is 1. The van der Waals surface area contributed by atoms with Crippen molar-refractivity contribution in [3.05, 3.63) is 35.4 Å². The van der Waals surface area contributed by atoms with Gasteiger partial charge >= 0.3 is 6.03 Å². The van der Waals surface area contributed by atoms with Crippen LogP contribution in [0.2, 0.25) is 0 Å². The van der Waals surface area contributed by atoms with Gasteiger partial charge in [-0.15, -0.1) is 0 Å². The monoisotopic (exact) mass is 372 g/mol. The van der Waals surface area contributed by atoms with Crippen LogP contribution in [0.3, 0.4) is 0 Å². The van der Waals surface area contributed by atoms with Crippen LogP contribution >= 0.6 is 0 Å². The molecule has 2 fully saturated rings. The summed E-state index contributed by atoms with van der Waals surface area (Å²) in [6.07, 6.45) is 7.67. The smallest absolute Gasteiger partial charge is 0.322 e. The summed E-state index contributed by atoms with van der Waals surface area (Å²) in [7, 11) is 0. The van der Waals surface area contributed by atoms with Crippen molar-refractivity contribution in [1.29, 1.82) is 0 Å². The third kappa shape index (κ3) is 4.66. The summed E-state index contributed by atoms with van der Waals surface area (Å²) in [5.41, 5.74) is 0.0633. The number of hydrogen-bond donors (Lipinski definition) is 4. The largest absolute Gasteiger partial charge is 0.351 e. The molecule has 1 aromatic carbocycles. The Morgan fingerprint density at radius 1 is 1.07 bits per heavy atom. The average Bonchev–Trinajstić information content (AvgIpc) is 2.84. The van der Waals surface area contributed by atoms with Crippen molar-refractivity contribution in [2.24, 2.45) is 0 Å². The number of carbonyl (C=O) groups excluding carboxylic acids is 3. The van der Waals surface area contributed by atoms with Crippen LogP contribution in [0.5, 0.6) is 0 Å². The van der Waals surface area contributed by atoms with Crippen LogP contribution in [0.15, 0.2) is 24.3 Å². The van der Waals surface area contributed by atoms with Gasteiger partial charge in [-0.2, -0.15) is 0 Å². The minimum atomic E-state index is -1.10. The van der Waals surface area contributed by atoms with Gasteiger partial charge in [0.2, 0.25) is 0 Å². The van der Waals surface area contributed by atoms with Gasteiger partial charge in [0.1, 0.15) is 5.54 Å². The molecule has 7 nitrogen and oxygen atoms in total. The van der Waals surface area contributed by atoms with E-state index >= 15 is 0 Å². The van der Waals surface area contributed by atoms with Crippen LogP contribution in [0, 0.1) is 0 Å². The second-order valence-electron chi connectivity index (χ2n) is 7.51. The minimum Gasteiger partial charge on any atom is -0.351 e. The van der Waals surface area contributed by atoms with Crippen molar-refractivity contribution < 1.29 is 14.4 Å². The molecule has 1 atom stereocenters. The van der Waals surface area contributed by atoms with Crippen molar-refractivity contribution in [1.82, 2.24) is 21.3 Å². The normalized spacial score (nSPS) is 23.4. The standard InChI is InChI=1S/C20H28N4O3/c1-20(18(26)23-19(27)24-20)15-10-8-14(9-11-15)17(25)22-13-12-21-16-6-4-2-3-5-7-16/h8-11,16,21H,2-7,12-13H2,1H3,(H,22,25)(H2,23,24,26,27). The van der Waals surface area contributed by atoms with E-state index < -0.39 is 17.5 Å². The molecule has 0 spiro atoms. The van der Waals surface area contributed by atoms with Gasteiger partial charge in [0.15, 0.2) is 0 Å². The van der Waals surface area contributed by atoms with Crippen LogP contribution in [0.25, 0.3) is 0 Å². The third-order valence-corrected chi connectivity index (χ3v) is 5.47. The molecule has 1 saturated carbocycles. The molecule has 3 rings (SSSR count). The molecular formula is C20H28N4O3. The molecule has 4 amide bonds. The van der Waals surface area contributed by atoms with Gasteiger partial charge in [-0.3, -0.25) is 14.9 Å². The predicted octanol–water partition coefficient (Wildman–Crippen LogP) is 1.78. The van der Waals surface area contributed by atoms with Crippen LogP contribution in [0.4, 0.5) is 4.79 Å². The number of amides is 4. The quantitative estimate of drug-likeness (QED) is 0.347. The predicted molar refractivity (Wildman–Crippen MR) is 102 cm³/mol. The molecule has 1 heterocycles. The second kappa shape index (κ2) is 8.52. The van der Waals surface area contributed by atoms with E-state index in [0.29, 0.717) is 23.7 Å². The number of imide groups is 1. The van der Waals surface area contributed by atoms with Gasteiger partial charge in [-0.25, -0.2) is 4.79 Å². The molecule has 146 valence electrons. The first-order valence-corrected chi connectivity index (χ1v) is 9.75. The maximum atomic E-state index is 12.3. The Hall–Kier alpha value is -2.41. The molecule has 1 saturated heterocycles. The van der Waals surface area contributed by atoms with E-state index in [1.54, 1.807) is 31.2 Å². The highest BCUT2D eigenvalue weighted by Crippen LogP contribution is 2.24. The number of rotatable bonds is 6. The van der Waals surface area contributed by atoms with Crippen molar-refractivity contribution in [2.75, 3.05) is 13.1 Å². The van der Waals surface area contributed by atoms with E-state index in [4.69, 9.17) is 0 Å². The lowest BCUT2D eigenvalue weighted by Crippen LogP contribution is -2.40. The molecule has 27 heavy (non-hydrogen) atoms. The van der Waals surface area contributed by atoms with Gasteiger partial charge in [0.05, 0.1) is 0 Å². The molecular weight excluding hydrogens is 344 g/mol. The fraction of sp³-hybridized carbons (Fsp3) is 0.550. The fourth-order valence-electron chi connectivity index (χ4n) is 3.74. The van der Waals surface area contributed by atoms with Gasteiger partial charge < -0.3 is 16.0 Å². The highest BCUT2D eigenvalue weighted by Gasteiger charge is 2.43. The Balaban J connectivity index is 1.47. The number of nitrogens with one attached hydrogen (secondary N) is 4. The summed E-state index contributed by atoms with van der Waals surface area (Å²) in [5, 5.41) is 11.3. The Labute approximate surface area is 159 Å². The van der Waals surface area contributed by atoms with E-state index in [1.807, 2.05) is 0 Å². The molecule has 0 bridgehead atoms. The molecule has 1 aliphatic carbocycles. The first-order valence-electron chi connectivity index (χ1n) is 9.75. The van der Waals surface area contributed by atoms with Crippen molar-refractivity contribution >= 4 is 17.8 Å². The zero-order valence-electron chi connectivity index (χ0n) is 15.8. The topological polar surface area (TPSA) is 99.3 Å².